The van der Waals surface area contributed by atoms with Gasteiger partial charge in [0.05, 0.1) is 12.7 Å². The van der Waals surface area contributed by atoms with Gasteiger partial charge in [0.2, 0.25) is 5.91 Å². The van der Waals surface area contributed by atoms with E-state index in [0.717, 1.165) is 0 Å². The van der Waals surface area contributed by atoms with Crippen molar-refractivity contribution in [2.75, 3.05) is 38.7 Å². The largest absolute Gasteiger partial charge is 0.496 e. The first-order valence-corrected chi connectivity index (χ1v) is 10.2. The molecule has 9 heteroatoms. The molecule has 9 nitrogen and oxygen atoms in total. The van der Waals surface area contributed by atoms with Crippen LogP contribution in [0.1, 0.15) is 17.4 Å². The fourth-order valence-corrected chi connectivity index (χ4v) is 3.34. The summed E-state index contributed by atoms with van der Waals surface area (Å²) in [5, 5.41) is 6.67. The van der Waals surface area contributed by atoms with Crippen LogP contribution >= 0.6 is 0 Å². The molecular formula is C23H23N3O6. The number of nitrogens with one attached hydrogen (secondary N) is 1. The molecule has 0 unspecified atom stereocenters. The van der Waals surface area contributed by atoms with Crippen LogP contribution in [0.15, 0.2) is 53.1 Å². The molecule has 4 rings (SSSR count). The second-order valence-electron chi connectivity index (χ2n) is 7.00. The van der Waals surface area contributed by atoms with Crippen LogP contribution in [0.4, 0.5) is 5.69 Å². The lowest BCUT2D eigenvalue weighted by Crippen LogP contribution is -2.38. The first-order valence-electron chi connectivity index (χ1n) is 10.2. The third kappa shape index (κ3) is 4.51. The van der Waals surface area contributed by atoms with Crippen molar-refractivity contribution in [3.8, 4) is 28.6 Å². The topological polar surface area (TPSA) is 103 Å². The Hall–Kier alpha value is -4.01. The Bertz CT molecular complexity index is 1130. The number of ether oxygens (including phenoxy) is 3. The number of anilines is 1. The van der Waals surface area contributed by atoms with Crippen molar-refractivity contribution in [3.05, 3.63) is 54.2 Å². The molecule has 2 amide bonds. The summed E-state index contributed by atoms with van der Waals surface area (Å²) in [5.74, 6) is 1.47. The molecule has 0 bridgehead atoms. The fourth-order valence-electron chi connectivity index (χ4n) is 3.34. The number of hydrogen-bond acceptors (Lipinski definition) is 7. The van der Waals surface area contributed by atoms with Gasteiger partial charge in [0, 0.05) is 24.4 Å². The average Bonchev–Trinajstić information content (AvgIpc) is 3.32. The maximum absolute atomic E-state index is 12.9. The Morgan fingerprint density at radius 3 is 2.66 bits per heavy atom. The van der Waals surface area contributed by atoms with Gasteiger partial charge < -0.3 is 29.0 Å². The van der Waals surface area contributed by atoms with E-state index in [1.165, 1.54) is 4.90 Å². The minimum Gasteiger partial charge on any atom is -0.496 e. The van der Waals surface area contributed by atoms with Gasteiger partial charge in [-0.25, -0.2) is 0 Å². The molecular weight excluding hydrogens is 414 g/mol. The van der Waals surface area contributed by atoms with Crippen LogP contribution in [0.5, 0.6) is 17.2 Å². The molecule has 0 radical (unpaired) electrons. The van der Waals surface area contributed by atoms with E-state index in [1.807, 2.05) is 18.2 Å². The number of aromatic nitrogens is 1. The number of para-hydroxylation sites is 1. The number of hydrogen-bond donors (Lipinski definition) is 1. The number of carbonyl (C=O) groups is 2. The molecule has 1 aliphatic heterocycles. The maximum atomic E-state index is 12.9. The zero-order chi connectivity index (χ0) is 22.5. The molecule has 2 aromatic carbocycles. The predicted octanol–water partition coefficient (Wildman–Crippen LogP) is 3.22. The molecule has 0 fully saturated rings. The Morgan fingerprint density at radius 1 is 1.09 bits per heavy atom. The van der Waals surface area contributed by atoms with Crippen molar-refractivity contribution in [3.63, 3.8) is 0 Å². The van der Waals surface area contributed by atoms with Crippen molar-refractivity contribution in [2.24, 2.45) is 0 Å². The van der Waals surface area contributed by atoms with Gasteiger partial charge in [0.25, 0.3) is 5.91 Å². The summed E-state index contributed by atoms with van der Waals surface area (Å²) in [6.07, 6.45) is 0. The minimum absolute atomic E-state index is 0.111. The summed E-state index contributed by atoms with van der Waals surface area (Å²) in [5.41, 5.74) is 1.35. The number of benzene rings is 2. The van der Waals surface area contributed by atoms with E-state index in [2.05, 4.69) is 10.5 Å². The highest BCUT2D eigenvalue weighted by Crippen LogP contribution is 2.33. The molecule has 0 spiro atoms. The van der Waals surface area contributed by atoms with Gasteiger partial charge in [-0.1, -0.05) is 17.3 Å². The Labute approximate surface area is 184 Å². The summed E-state index contributed by atoms with van der Waals surface area (Å²) in [4.78, 5) is 26.9. The predicted molar refractivity (Wildman–Crippen MR) is 116 cm³/mol. The standard InChI is InChI=1S/C23H23N3O6/c1-3-26(14-22(27)24-15-8-9-19-21(12-15)31-11-10-30-19)23(28)17-13-20(32-25-17)16-6-4-5-7-18(16)29-2/h4-9,12-13H,3,10-11,14H2,1-2H3,(H,24,27). The SMILES string of the molecule is CCN(CC(=O)Nc1ccc2c(c1)OCCO2)C(=O)c1cc(-c2ccccc2OC)on1. The zero-order valence-corrected chi connectivity index (χ0v) is 17.8. The molecule has 0 saturated carbocycles. The summed E-state index contributed by atoms with van der Waals surface area (Å²) < 4.78 is 21.7. The number of methoxy groups -OCH3 is 1. The van der Waals surface area contributed by atoms with E-state index >= 15 is 0 Å². The average molecular weight is 437 g/mol. The Morgan fingerprint density at radius 2 is 1.88 bits per heavy atom. The van der Waals surface area contributed by atoms with Gasteiger partial charge in [-0.3, -0.25) is 9.59 Å². The van der Waals surface area contributed by atoms with Crippen LogP contribution < -0.4 is 19.5 Å². The number of amides is 2. The Kier molecular flexibility index (Phi) is 6.25. The van der Waals surface area contributed by atoms with Crippen LogP contribution in [-0.2, 0) is 4.79 Å². The molecule has 32 heavy (non-hydrogen) atoms. The molecule has 0 atom stereocenters. The van der Waals surface area contributed by atoms with Crippen LogP contribution in [0.2, 0.25) is 0 Å². The van der Waals surface area contributed by atoms with E-state index < -0.39 is 5.91 Å². The van der Waals surface area contributed by atoms with Crippen molar-refractivity contribution in [1.29, 1.82) is 0 Å². The van der Waals surface area contributed by atoms with Crippen molar-refractivity contribution >= 4 is 17.5 Å². The highest BCUT2D eigenvalue weighted by Gasteiger charge is 2.23. The molecule has 1 N–H and O–H groups in total. The normalized spacial score (nSPS) is 12.2. The number of carbonyl (C=O) groups excluding carboxylic acids is 2. The summed E-state index contributed by atoms with van der Waals surface area (Å²) in [6, 6.07) is 14.0. The second kappa shape index (κ2) is 9.42. The van der Waals surface area contributed by atoms with Crippen LogP contribution in [0.25, 0.3) is 11.3 Å². The monoisotopic (exact) mass is 437 g/mol. The molecule has 2 heterocycles. The molecule has 1 aromatic heterocycles. The molecule has 0 aliphatic carbocycles. The third-order valence-electron chi connectivity index (χ3n) is 4.93. The third-order valence-corrected chi connectivity index (χ3v) is 4.93. The van der Waals surface area contributed by atoms with E-state index in [1.54, 1.807) is 44.4 Å². The lowest BCUT2D eigenvalue weighted by Gasteiger charge is -2.20. The van der Waals surface area contributed by atoms with Gasteiger partial charge in [-0.05, 0) is 31.2 Å². The van der Waals surface area contributed by atoms with Crippen LogP contribution in [-0.4, -0.2) is 55.3 Å². The molecule has 166 valence electrons. The van der Waals surface area contributed by atoms with Crippen LogP contribution in [0, 0.1) is 0 Å². The molecule has 1 aliphatic rings. The lowest BCUT2D eigenvalue weighted by atomic mass is 10.1. The first-order chi connectivity index (χ1) is 15.6. The fraction of sp³-hybridized carbons (Fsp3) is 0.261. The van der Waals surface area contributed by atoms with E-state index in [-0.39, 0.29) is 18.1 Å². The number of nitrogens with zero attached hydrogens (tertiary/aromatic N) is 2. The number of likely N-dealkylation sites (N-methyl/N-ethyl adjacent to an activating group) is 1. The van der Waals surface area contributed by atoms with E-state index in [4.69, 9.17) is 18.7 Å². The first kappa shape index (κ1) is 21.2. The zero-order valence-electron chi connectivity index (χ0n) is 17.8. The Balaban J connectivity index is 1.43. The minimum atomic E-state index is -0.408. The molecule has 0 saturated heterocycles. The van der Waals surface area contributed by atoms with Gasteiger partial charge in [0.1, 0.15) is 25.5 Å². The highest BCUT2D eigenvalue weighted by molar-refractivity contribution is 5.99. The lowest BCUT2D eigenvalue weighted by molar-refractivity contribution is -0.116. The maximum Gasteiger partial charge on any atom is 0.276 e. The van der Waals surface area contributed by atoms with Gasteiger partial charge in [-0.2, -0.15) is 0 Å². The second-order valence-corrected chi connectivity index (χ2v) is 7.00. The summed E-state index contributed by atoms with van der Waals surface area (Å²) in [6.45, 7) is 2.92. The molecule has 3 aromatic rings. The smallest absolute Gasteiger partial charge is 0.276 e. The summed E-state index contributed by atoms with van der Waals surface area (Å²) >= 11 is 0. The van der Waals surface area contributed by atoms with E-state index in [0.29, 0.717) is 54.0 Å². The van der Waals surface area contributed by atoms with Gasteiger partial charge in [0.15, 0.2) is 23.0 Å². The van der Waals surface area contributed by atoms with E-state index in [9.17, 15) is 9.59 Å². The van der Waals surface area contributed by atoms with Crippen molar-refractivity contribution in [2.45, 2.75) is 6.92 Å². The number of rotatable bonds is 7. The number of fused-ring (bicyclic) bond motifs is 1. The highest BCUT2D eigenvalue weighted by atomic mass is 16.6. The summed E-state index contributed by atoms with van der Waals surface area (Å²) in [7, 11) is 1.56. The van der Waals surface area contributed by atoms with Crippen molar-refractivity contribution in [1.82, 2.24) is 10.1 Å². The van der Waals surface area contributed by atoms with Gasteiger partial charge in [-0.15, -0.1) is 0 Å². The quantitative estimate of drug-likeness (QED) is 0.605. The van der Waals surface area contributed by atoms with Crippen molar-refractivity contribution < 1.29 is 28.3 Å². The van der Waals surface area contributed by atoms with Crippen LogP contribution in [0.3, 0.4) is 0 Å². The van der Waals surface area contributed by atoms with Gasteiger partial charge >= 0.3 is 0 Å².